The fourth-order valence-electron chi connectivity index (χ4n) is 1.97. The molecule has 0 amide bonds. The van der Waals surface area contributed by atoms with Gasteiger partial charge in [0.25, 0.3) is 0 Å². The highest BCUT2D eigenvalue weighted by Crippen LogP contribution is 2.27. The van der Waals surface area contributed by atoms with Crippen molar-refractivity contribution in [3.05, 3.63) is 41.5 Å². The summed E-state index contributed by atoms with van der Waals surface area (Å²) in [6.07, 6.45) is 2.29. The molecule has 0 bridgehead atoms. The summed E-state index contributed by atoms with van der Waals surface area (Å²) in [6.45, 7) is 4.14. The standard InChI is InChI=1S/C14H16O/c1-3-4-11-5-7-13-10(2)14(15)8-6-12(13)9-11/h5-9,15H,3-4H2,1-2H3. The topological polar surface area (TPSA) is 20.2 Å². The van der Waals surface area contributed by atoms with Crippen LogP contribution in [0.25, 0.3) is 10.8 Å². The molecule has 2 aromatic rings. The maximum atomic E-state index is 9.59. The van der Waals surface area contributed by atoms with Crippen LogP contribution in [0.5, 0.6) is 5.75 Å². The van der Waals surface area contributed by atoms with E-state index in [-0.39, 0.29) is 0 Å². The highest BCUT2D eigenvalue weighted by atomic mass is 16.3. The third-order valence-corrected chi connectivity index (χ3v) is 2.86. The lowest BCUT2D eigenvalue weighted by Crippen LogP contribution is -1.85. The van der Waals surface area contributed by atoms with Crippen LogP contribution in [0.15, 0.2) is 30.3 Å². The van der Waals surface area contributed by atoms with E-state index >= 15 is 0 Å². The number of rotatable bonds is 2. The first-order valence-electron chi connectivity index (χ1n) is 5.43. The Morgan fingerprint density at radius 3 is 2.67 bits per heavy atom. The Morgan fingerprint density at radius 1 is 1.13 bits per heavy atom. The van der Waals surface area contributed by atoms with Crippen LogP contribution in [0.1, 0.15) is 24.5 Å². The molecule has 0 fully saturated rings. The maximum absolute atomic E-state index is 9.59. The monoisotopic (exact) mass is 200 g/mol. The van der Waals surface area contributed by atoms with Gasteiger partial charge in [0.2, 0.25) is 0 Å². The molecule has 0 spiro atoms. The fourth-order valence-corrected chi connectivity index (χ4v) is 1.97. The maximum Gasteiger partial charge on any atom is 0.119 e. The molecule has 1 N–H and O–H groups in total. The summed E-state index contributed by atoms with van der Waals surface area (Å²) >= 11 is 0. The largest absolute Gasteiger partial charge is 0.508 e. The number of hydrogen-bond acceptors (Lipinski definition) is 1. The summed E-state index contributed by atoms with van der Waals surface area (Å²) in [6, 6.07) is 10.2. The van der Waals surface area contributed by atoms with Crippen LogP contribution >= 0.6 is 0 Å². The highest BCUT2D eigenvalue weighted by molar-refractivity contribution is 5.88. The highest BCUT2D eigenvalue weighted by Gasteiger charge is 2.02. The van der Waals surface area contributed by atoms with Gasteiger partial charge in [-0.1, -0.05) is 37.6 Å². The van der Waals surface area contributed by atoms with Crippen molar-refractivity contribution in [1.82, 2.24) is 0 Å². The molecule has 2 aromatic carbocycles. The van der Waals surface area contributed by atoms with Crippen LogP contribution in [-0.4, -0.2) is 5.11 Å². The Kier molecular flexibility index (Phi) is 2.63. The zero-order valence-electron chi connectivity index (χ0n) is 9.25. The van der Waals surface area contributed by atoms with Crippen molar-refractivity contribution < 1.29 is 5.11 Å². The minimum atomic E-state index is 0.380. The Balaban J connectivity index is 2.59. The van der Waals surface area contributed by atoms with Crippen LogP contribution in [0.2, 0.25) is 0 Å². The van der Waals surface area contributed by atoms with Gasteiger partial charge in [-0.05, 0) is 41.3 Å². The fraction of sp³-hybridized carbons (Fsp3) is 0.286. The molecule has 0 aliphatic rings. The van der Waals surface area contributed by atoms with Crippen molar-refractivity contribution in [1.29, 1.82) is 0 Å². The zero-order chi connectivity index (χ0) is 10.8. The molecule has 1 nitrogen and oxygen atoms in total. The van der Waals surface area contributed by atoms with Crippen molar-refractivity contribution in [3.8, 4) is 5.75 Å². The molecule has 0 saturated heterocycles. The lowest BCUT2D eigenvalue weighted by Gasteiger charge is -2.06. The number of phenolic OH excluding ortho intramolecular Hbond substituents is 1. The SMILES string of the molecule is CCCc1ccc2c(C)c(O)ccc2c1. The van der Waals surface area contributed by atoms with Gasteiger partial charge in [-0.15, -0.1) is 0 Å². The van der Waals surface area contributed by atoms with E-state index < -0.39 is 0 Å². The quantitative estimate of drug-likeness (QED) is 0.781. The van der Waals surface area contributed by atoms with Crippen LogP contribution in [0, 0.1) is 6.92 Å². The molecule has 1 heteroatoms. The molecule has 2 rings (SSSR count). The summed E-state index contributed by atoms with van der Waals surface area (Å²) in [5.74, 6) is 0.380. The van der Waals surface area contributed by atoms with Crippen molar-refractivity contribution in [3.63, 3.8) is 0 Å². The van der Waals surface area contributed by atoms with Gasteiger partial charge >= 0.3 is 0 Å². The summed E-state index contributed by atoms with van der Waals surface area (Å²) < 4.78 is 0. The van der Waals surface area contributed by atoms with Crippen LogP contribution in [0.4, 0.5) is 0 Å². The van der Waals surface area contributed by atoms with Crippen LogP contribution < -0.4 is 0 Å². The lowest BCUT2D eigenvalue weighted by molar-refractivity contribution is 0.472. The number of aromatic hydroxyl groups is 1. The van der Waals surface area contributed by atoms with E-state index in [9.17, 15) is 5.11 Å². The summed E-state index contributed by atoms with van der Waals surface area (Å²) in [5.41, 5.74) is 2.34. The Hall–Kier alpha value is -1.50. The Bertz CT molecular complexity index is 486. The number of aryl methyl sites for hydroxylation is 2. The van der Waals surface area contributed by atoms with Gasteiger partial charge in [-0.3, -0.25) is 0 Å². The number of phenols is 1. The van der Waals surface area contributed by atoms with Gasteiger partial charge in [-0.25, -0.2) is 0 Å². The molecule has 0 unspecified atom stereocenters. The van der Waals surface area contributed by atoms with E-state index in [0.717, 1.165) is 17.4 Å². The van der Waals surface area contributed by atoms with Gasteiger partial charge in [-0.2, -0.15) is 0 Å². The molecule has 0 atom stereocenters. The van der Waals surface area contributed by atoms with Crippen LogP contribution in [0.3, 0.4) is 0 Å². The minimum absolute atomic E-state index is 0.380. The van der Waals surface area contributed by atoms with Crippen molar-refractivity contribution >= 4 is 10.8 Å². The summed E-state index contributed by atoms with van der Waals surface area (Å²) in [4.78, 5) is 0. The van der Waals surface area contributed by atoms with Gasteiger partial charge < -0.3 is 5.11 Å². The second-order valence-corrected chi connectivity index (χ2v) is 4.02. The zero-order valence-corrected chi connectivity index (χ0v) is 9.25. The second kappa shape index (κ2) is 3.93. The number of benzene rings is 2. The van der Waals surface area contributed by atoms with Crippen molar-refractivity contribution in [2.75, 3.05) is 0 Å². The van der Waals surface area contributed by atoms with E-state index in [2.05, 4.69) is 25.1 Å². The molecular formula is C14H16O. The summed E-state index contributed by atoms with van der Waals surface area (Å²) in [5, 5.41) is 12.0. The van der Waals surface area contributed by atoms with Crippen molar-refractivity contribution in [2.45, 2.75) is 26.7 Å². The normalized spacial score (nSPS) is 10.8. The molecule has 0 saturated carbocycles. The average molecular weight is 200 g/mol. The first kappa shape index (κ1) is 10.0. The second-order valence-electron chi connectivity index (χ2n) is 4.02. The Morgan fingerprint density at radius 2 is 1.93 bits per heavy atom. The molecule has 0 radical (unpaired) electrons. The first-order chi connectivity index (χ1) is 7.22. The van der Waals surface area contributed by atoms with E-state index in [1.807, 2.05) is 13.0 Å². The van der Waals surface area contributed by atoms with Gasteiger partial charge in [0, 0.05) is 0 Å². The molecule has 0 aliphatic heterocycles. The van der Waals surface area contributed by atoms with Gasteiger partial charge in [0.05, 0.1) is 0 Å². The molecule has 0 heterocycles. The molecular weight excluding hydrogens is 184 g/mol. The first-order valence-corrected chi connectivity index (χ1v) is 5.43. The lowest BCUT2D eigenvalue weighted by atomic mass is 10.0. The number of fused-ring (bicyclic) bond motifs is 1. The van der Waals surface area contributed by atoms with Crippen molar-refractivity contribution in [2.24, 2.45) is 0 Å². The third kappa shape index (κ3) is 1.82. The summed E-state index contributed by atoms with van der Waals surface area (Å²) in [7, 11) is 0. The number of hydrogen-bond donors (Lipinski definition) is 1. The molecule has 78 valence electrons. The van der Waals surface area contributed by atoms with E-state index in [0.29, 0.717) is 5.75 Å². The predicted molar refractivity (Wildman–Crippen MR) is 64.3 cm³/mol. The molecule has 15 heavy (non-hydrogen) atoms. The van der Waals surface area contributed by atoms with Crippen LogP contribution in [-0.2, 0) is 6.42 Å². The molecule has 0 aliphatic carbocycles. The van der Waals surface area contributed by atoms with E-state index in [4.69, 9.17) is 0 Å². The van der Waals surface area contributed by atoms with Gasteiger partial charge in [0.15, 0.2) is 0 Å². The van der Waals surface area contributed by atoms with E-state index in [1.165, 1.54) is 17.4 Å². The van der Waals surface area contributed by atoms with Gasteiger partial charge in [0.1, 0.15) is 5.75 Å². The third-order valence-electron chi connectivity index (χ3n) is 2.86. The smallest absolute Gasteiger partial charge is 0.119 e. The predicted octanol–water partition coefficient (Wildman–Crippen LogP) is 3.81. The minimum Gasteiger partial charge on any atom is -0.508 e. The van der Waals surface area contributed by atoms with E-state index in [1.54, 1.807) is 6.07 Å². The average Bonchev–Trinajstić information content (AvgIpc) is 2.24. The molecule has 0 aromatic heterocycles. The Labute approximate surface area is 90.4 Å².